The molecular weight excluding hydrogens is 244 g/mol. The van der Waals surface area contributed by atoms with Crippen molar-refractivity contribution in [3.8, 4) is 0 Å². The monoisotopic (exact) mass is 272 g/mol. The molecule has 3 atom stereocenters. The van der Waals surface area contributed by atoms with E-state index in [1.165, 1.54) is 0 Å². The van der Waals surface area contributed by atoms with Crippen LogP contribution in [0.4, 0.5) is 0 Å². The van der Waals surface area contributed by atoms with Crippen LogP contribution in [-0.2, 0) is 9.59 Å². The first kappa shape index (κ1) is 18.1. The van der Waals surface area contributed by atoms with Crippen molar-refractivity contribution in [2.75, 3.05) is 6.54 Å². The molecule has 0 aliphatic heterocycles. The molecule has 3 unspecified atom stereocenters. The van der Waals surface area contributed by atoms with Gasteiger partial charge in [0, 0.05) is 5.92 Å². The molecule has 19 heavy (non-hydrogen) atoms. The van der Waals surface area contributed by atoms with Crippen molar-refractivity contribution in [2.45, 2.75) is 65.6 Å². The number of hydrogen-bond donors (Lipinski definition) is 3. The number of Topliss-reactive ketones (excluding diaryl/α,β-unsaturated/α-hetero) is 1. The average molecular weight is 272 g/mol. The Morgan fingerprint density at radius 3 is 2.21 bits per heavy atom. The first-order valence-electron chi connectivity index (χ1n) is 7.07. The highest BCUT2D eigenvalue weighted by molar-refractivity contribution is 5.89. The highest BCUT2D eigenvalue weighted by atomic mass is 16.4. The van der Waals surface area contributed by atoms with E-state index in [-0.39, 0.29) is 18.1 Å². The van der Waals surface area contributed by atoms with Gasteiger partial charge in [-0.05, 0) is 26.3 Å². The lowest BCUT2D eigenvalue weighted by Crippen LogP contribution is -2.60. The van der Waals surface area contributed by atoms with Crippen molar-refractivity contribution in [1.82, 2.24) is 10.6 Å². The van der Waals surface area contributed by atoms with Gasteiger partial charge in [-0.2, -0.15) is 0 Å². The molecule has 0 radical (unpaired) electrons. The second-order valence-electron chi connectivity index (χ2n) is 5.22. The van der Waals surface area contributed by atoms with Crippen LogP contribution in [-0.4, -0.2) is 35.1 Å². The number of carboxylic acid groups (broad SMARTS) is 1. The number of carbonyl (C=O) groups excluding carboxylic acids is 1. The zero-order chi connectivity index (χ0) is 15.1. The van der Waals surface area contributed by atoms with E-state index in [1.54, 1.807) is 0 Å². The van der Waals surface area contributed by atoms with Gasteiger partial charge in [0.15, 0.2) is 5.78 Å². The summed E-state index contributed by atoms with van der Waals surface area (Å²) in [6, 6.07) is -0.642. The summed E-state index contributed by atoms with van der Waals surface area (Å²) in [4.78, 5) is 23.2. The SMILES string of the molecule is CCNC(C)(CC)NC(CC(=O)O)C(=O)C(C)CC. The third-order valence-corrected chi connectivity index (χ3v) is 3.59. The Hall–Kier alpha value is -0.940. The topological polar surface area (TPSA) is 78.4 Å². The van der Waals surface area contributed by atoms with Gasteiger partial charge >= 0.3 is 5.97 Å². The molecule has 0 rings (SSSR count). The van der Waals surface area contributed by atoms with E-state index in [2.05, 4.69) is 10.6 Å². The largest absolute Gasteiger partial charge is 0.481 e. The number of hydrogen-bond acceptors (Lipinski definition) is 4. The van der Waals surface area contributed by atoms with Crippen LogP contribution in [0.2, 0.25) is 0 Å². The van der Waals surface area contributed by atoms with Gasteiger partial charge in [-0.25, -0.2) is 0 Å². The van der Waals surface area contributed by atoms with Crippen LogP contribution in [0.25, 0.3) is 0 Å². The van der Waals surface area contributed by atoms with E-state index >= 15 is 0 Å². The Kier molecular flexibility index (Phi) is 7.87. The number of aliphatic carboxylic acids is 1. The number of ketones is 1. The molecule has 0 aromatic heterocycles. The van der Waals surface area contributed by atoms with Crippen LogP contribution in [0.5, 0.6) is 0 Å². The molecule has 5 nitrogen and oxygen atoms in total. The number of nitrogens with one attached hydrogen (secondary N) is 2. The molecule has 0 amide bonds. The van der Waals surface area contributed by atoms with Gasteiger partial charge in [-0.1, -0.05) is 27.7 Å². The number of rotatable bonds is 10. The molecule has 0 fully saturated rings. The molecule has 0 saturated heterocycles. The Morgan fingerprint density at radius 2 is 1.84 bits per heavy atom. The second kappa shape index (κ2) is 8.27. The Morgan fingerprint density at radius 1 is 1.26 bits per heavy atom. The number of carboxylic acids is 1. The van der Waals surface area contributed by atoms with Crippen LogP contribution >= 0.6 is 0 Å². The first-order chi connectivity index (χ1) is 8.79. The van der Waals surface area contributed by atoms with Gasteiger partial charge in [0.2, 0.25) is 0 Å². The van der Waals surface area contributed by atoms with Crippen LogP contribution in [0, 0.1) is 5.92 Å². The first-order valence-corrected chi connectivity index (χ1v) is 7.07. The summed E-state index contributed by atoms with van der Waals surface area (Å²) in [6.45, 7) is 10.5. The van der Waals surface area contributed by atoms with Gasteiger partial charge in [0.25, 0.3) is 0 Å². The minimum atomic E-state index is -0.955. The van der Waals surface area contributed by atoms with Crippen LogP contribution < -0.4 is 10.6 Å². The fourth-order valence-electron chi connectivity index (χ4n) is 1.99. The Bertz CT molecular complexity index is 307. The Balaban J connectivity index is 4.94. The molecule has 0 aromatic rings. The van der Waals surface area contributed by atoms with E-state index in [9.17, 15) is 9.59 Å². The maximum Gasteiger partial charge on any atom is 0.305 e. The summed E-state index contributed by atoms with van der Waals surface area (Å²) >= 11 is 0. The summed E-state index contributed by atoms with van der Waals surface area (Å²) < 4.78 is 0. The summed E-state index contributed by atoms with van der Waals surface area (Å²) in [7, 11) is 0. The quantitative estimate of drug-likeness (QED) is 0.528. The normalized spacial score (nSPS) is 17.5. The van der Waals surface area contributed by atoms with Crippen molar-refractivity contribution in [3.63, 3.8) is 0 Å². The fraction of sp³-hybridized carbons (Fsp3) is 0.857. The van der Waals surface area contributed by atoms with Crippen LogP contribution in [0.15, 0.2) is 0 Å². The van der Waals surface area contributed by atoms with Crippen molar-refractivity contribution in [3.05, 3.63) is 0 Å². The molecule has 0 heterocycles. The molecule has 0 saturated carbocycles. The minimum absolute atomic E-state index is 0.0255. The van der Waals surface area contributed by atoms with Gasteiger partial charge < -0.3 is 5.11 Å². The predicted molar refractivity (Wildman–Crippen MR) is 76.0 cm³/mol. The molecule has 0 aliphatic rings. The van der Waals surface area contributed by atoms with E-state index in [4.69, 9.17) is 5.11 Å². The third kappa shape index (κ3) is 6.16. The van der Waals surface area contributed by atoms with Crippen LogP contribution in [0.3, 0.4) is 0 Å². The smallest absolute Gasteiger partial charge is 0.305 e. The lowest BCUT2D eigenvalue weighted by Gasteiger charge is -2.35. The molecule has 3 N–H and O–H groups in total. The molecule has 0 aromatic carbocycles. The summed E-state index contributed by atoms with van der Waals surface area (Å²) in [5, 5.41) is 15.4. The van der Waals surface area contributed by atoms with Gasteiger partial charge in [0.05, 0.1) is 18.1 Å². The molecule has 0 bridgehead atoms. The van der Waals surface area contributed by atoms with E-state index in [1.807, 2.05) is 34.6 Å². The summed E-state index contributed by atoms with van der Waals surface area (Å²) in [5.74, 6) is -1.11. The lowest BCUT2D eigenvalue weighted by molar-refractivity contribution is -0.140. The highest BCUT2D eigenvalue weighted by Crippen LogP contribution is 2.13. The van der Waals surface area contributed by atoms with Gasteiger partial charge in [-0.15, -0.1) is 0 Å². The zero-order valence-corrected chi connectivity index (χ0v) is 12.7. The lowest BCUT2D eigenvalue weighted by atomic mass is 9.94. The van der Waals surface area contributed by atoms with Gasteiger partial charge in [0.1, 0.15) is 0 Å². The molecule has 112 valence electrons. The standard InChI is InChI=1S/C14H28N2O3/c1-6-10(4)13(19)11(9-12(17)18)16-14(5,7-2)15-8-3/h10-11,15-16H,6-9H2,1-5H3,(H,17,18). The average Bonchev–Trinajstić information content (AvgIpc) is 2.35. The van der Waals surface area contributed by atoms with Crippen LogP contribution in [0.1, 0.15) is 53.9 Å². The van der Waals surface area contributed by atoms with Crippen molar-refractivity contribution in [2.24, 2.45) is 5.92 Å². The van der Waals surface area contributed by atoms with Crippen molar-refractivity contribution in [1.29, 1.82) is 0 Å². The summed E-state index contributed by atoms with van der Waals surface area (Å²) in [5.41, 5.74) is -0.419. The Labute approximate surface area is 116 Å². The second-order valence-corrected chi connectivity index (χ2v) is 5.22. The van der Waals surface area contributed by atoms with E-state index in [0.717, 1.165) is 19.4 Å². The molecule has 0 spiro atoms. The molecular formula is C14H28N2O3. The van der Waals surface area contributed by atoms with Gasteiger partial charge in [-0.3, -0.25) is 20.2 Å². The predicted octanol–water partition coefficient (Wildman–Crippen LogP) is 1.77. The fourth-order valence-corrected chi connectivity index (χ4v) is 1.99. The highest BCUT2D eigenvalue weighted by Gasteiger charge is 2.31. The maximum atomic E-state index is 12.3. The zero-order valence-electron chi connectivity index (χ0n) is 12.7. The van der Waals surface area contributed by atoms with E-state index < -0.39 is 17.7 Å². The molecule has 0 aliphatic carbocycles. The van der Waals surface area contributed by atoms with Crippen molar-refractivity contribution < 1.29 is 14.7 Å². The maximum absolute atomic E-state index is 12.3. The third-order valence-electron chi connectivity index (χ3n) is 3.59. The summed E-state index contributed by atoms with van der Waals surface area (Å²) in [6.07, 6.45) is 1.32. The van der Waals surface area contributed by atoms with Crippen molar-refractivity contribution >= 4 is 11.8 Å². The number of carbonyl (C=O) groups is 2. The minimum Gasteiger partial charge on any atom is -0.481 e. The molecule has 5 heteroatoms. The van der Waals surface area contributed by atoms with E-state index in [0.29, 0.717) is 0 Å².